The summed E-state index contributed by atoms with van der Waals surface area (Å²) in [5.74, 6) is 0.392. The van der Waals surface area contributed by atoms with Crippen molar-refractivity contribution < 1.29 is 0 Å². The van der Waals surface area contributed by atoms with E-state index in [0.29, 0.717) is 12.0 Å². The molecular weight excluding hydrogens is 368 g/mol. The van der Waals surface area contributed by atoms with Gasteiger partial charge < -0.3 is 20.9 Å². The van der Waals surface area contributed by atoms with Crippen LogP contribution in [-0.2, 0) is 0 Å². The number of piperidine rings is 1. The second-order valence-corrected chi connectivity index (χ2v) is 8.64. The van der Waals surface area contributed by atoms with Crippen molar-refractivity contribution in [1.82, 2.24) is 15.2 Å². The van der Waals surface area contributed by atoms with Crippen LogP contribution in [0.3, 0.4) is 0 Å². The molecule has 30 heavy (non-hydrogen) atoms. The second-order valence-electron chi connectivity index (χ2n) is 8.64. The fraction of sp³-hybridized carbons (Fsp3) is 0.462. The van der Waals surface area contributed by atoms with Crippen LogP contribution in [0.15, 0.2) is 54.7 Å². The first-order valence-electron chi connectivity index (χ1n) is 11.6. The molecule has 3 aromatic rings. The van der Waals surface area contributed by atoms with Crippen LogP contribution in [0.2, 0.25) is 0 Å². The van der Waals surface area contributed by atoms with Crippen LogP contribution in [0.4, 0.5) is 0 Å². The van der Waals surface area contributed by atoms with E-state index in [1.54, 1.807) is 0 Å². The Balaban J connectivity index is 1.70. The number of aryl methyl sites for hydroxylation is 1. The topological polar surface area (TPSA) is 55.0 Å². The number of fused-ring (bicyclic) bond motifs is 1. The second kappa shape index (κ2) is 10.3. The van der Waals surface area contributed by atoms with Gasteiger partial charge >= 0.3 is 0 Å². The van der Waals surface area contributed by atoms with Crippen molar-refractivity contribution in [2.45, 2.75) is 44.6 Å². The van der Waals surface area contributed by atoms with Gasteiger partial charge in [-0.15, -0.1) is 0 Å². The Morgan fingerprint density at radius 1 is 1.10 bits per heavy atom. The molecule has 0 amide bonds. The zero-order valence-electron chi connectivity index (χ0n) is 18.2. The number of para-hydroxylation sites is 1. The molecule has 1 aliphatic rings. The third-order valence-corrected chi connectivity index (χ3v) is 6.46. The molecular formula is C26H36N4. The number of aromatic nitrogens is 1. The van der Waals surface area contributed by atoms with E-state index in [4.69, 9.17) is 5.73 Å². The normalized spacial score (nSPS) is 16.2. The van der Waals surface area contributed by atoms with Crippen LogP contribution >= 0.6 is 0 Å². The van der Waals surface area contributed by atoms with Crippen LogP contribution in [0.25, 0.3) is 10.9 Å². The number of hydrogen-bond donors (Lipinski definition) is 3. The predicted molar refractivity (Wildman–Crippen MR) is 127 cm³/mol. The molecule has 4 heteroatoms. The lowest BCUT2D eigenvalue weighted by atomic mass is 9.87. The standard InChI is InChI=1S/C26H36N4/c1-20-6-4-7-21(18-20)23(12-17-28-14-5-13-27)25-19-30(22-10-15-29-16-11-22)26-9-3-2-8-24(25)26/h2-4,6-9,18-19,22-23,28-29H,5,10-17,27H2,1H3. The number of benzene rings is 2. The highest BCUT2D eigenvalue weighted by Gasteiger charge is 2.23. The molecule has 0 saturated carbocycles. The minimum absolute atomic E-state index is 0.392. The largest absolute Gasteiger partial charge is 0.344 e. The SMILES string of the molecule is Cc1cccc(C(CCNCCCN)c2cn(C3CCNCC3)c3ccccc23)c1. The molecule has 0 radical (unpaired) electrons. The molecule has 0 spiro atoms. The van der Waals surface area contributed by atoms with Crippen LogP contribution in [0.5, 0.6) is 0 Å². The first kappa shape index (κ1) is 21.1. The number of nitrogens with one attached hydrogen (secondary N) is 2. The summed E-state index contributed by atoms with van der Waals surface area (Å²) >= 11 is 0. The molecule has 4 N–H and O–H groups in total. The van der Waals surface area contributed by atoms with Crippen LogP contribution < -0.4 is 16.4 Å². The number of hydrogen-bond acceptors (Lipinski definition) is 3. The Morgan fingerprint density at radius 3 is 2.73 bits per heavy atom. The van der Waals surface area contributed by atoms with Crippen molar-refractivity contribution in [3.63, 3.8) is 0 Å². The molecule has 1 saturated heterocycles. The Bertz CT molecular complexity index is 939. The van der Waals surface area contributed by atoms with Crippen molar-refractivity contribution in [2.75, 3.05) is 32.7 Å². The molecule has 4 rings (SSSR count). The van der Waals surface area contributed by atoms with Gasteiger partial charge in [-0.2, -0.15) is 0 Å². The molecule has 1 fully saturated rings. The highest BCUT2D eigenvalue weighted by Crippen LogP contribution is 2.37. The van der Waals surface area contributed by atoms with Gasteiger partial charge in [-0.25, -0.2) is 0 Å². The predicted octanol–water partition coefficient (Wildman–Crippen LogP) is 4.33. The summed E-state index contributed by atoms with van der Waals surface area (Å²) in [6.45, 7) is 7.16. The maximum Gasteiger partial charge on any atom is 0.0485 e. The van der Waals surface area contributed by atoms with Crippen molar-refractivity contribution in [1.29, 1.82) is 0 Å². The van der Waals surface area contributed by atoms with Gasteiger partial charge in [0, 0.05) is 29.1 Å². The van der Waals surface area contributed by atoms with Crippen molar-refractivity contribution in [3.8, 4) is 0 Å². The number of rotatable bonds is 9. The third-order valence-electron chi connectivity index (χ3n) is 6.46. The highest BCUT2D eigenvalue weighted by molar-refractivity contribution is 5.85. The maximum absolute atomic E-state index is 5.66. The molecule has 0 aliphatic carbocycles. The van der Waals surface area contributed by atoms with Gasteiger partial charge in [0.15, 0.2) is 0 Å². The van der Waals surface area contributed by atoms with E-state index in [1.807, 2.05) is 0 Å². The zero-order valence-corrected chi connectivity index (χ0v) is 18.2. The zero-order chi connectivity index (χ0) is 20.8. The highest BCUT2D eigenvalue weighted by atomic mass is 15.0. The lowest BCUT2D eigenvalue weighted by Crippen LogP contribution is -2.29. The summed E-state index contributed by atoms with van der Waals surface area (Å²) in [6, 6.07) is 18.6. The van der Waals surface area contributed by atoms with E-state index in [2.05, 4.69) is 76.9 Å². The Labute approximate surface area is 180 Å². The van der Waals surface area contributed by atoms with Gasteiger partial charge in [0.25, 0.3) is 0 Å². The molecule has 1 aromatic heterocycles. The average Bonchev–Trinajstić information content (AvgIpc) is 3.16. The molecule has 1 aliphatic heterocycles. The van der Waals surface area contributed by atoms with E-state index in [1.165, 1.54) is 40.4 Å². The van der Waals surface area contributed by atoms with Gasteiger partial charge in [0.05, 0.1) is 0 Å². The smallest absolute Gasteiger partial charge is 0.0485 e. The van der Waals surface area contributed by atoms with Gasteiger partial charge in [0.2, 0.25) is 0 Å². The summed E-state index contributed by atoms with van der Waals surface area (Å²) in [5.41, 5.74) is 11.3. The van der Waals surface area contributed by atoms with E-state index in [0.717, 1.165) is 45.6 Å². The Kier molecular flexibility index (Phi) is 7.21. The molecule has 1 atom stereocenters. The summed E-state index contributed by atoms with van der Waals surface area (Å²) in [6.07, 6.45) is 6.99. The van der Waals surface area contributed by atoms with Crippen molar-refractivity contribution in [2.24, 2.45) is 5.73 Å². The van der Waals surface area contributed by atoms with E-state index in [9.17, 15) is 0 Å². The molecule has 2 aromatic carbocycles. The van der Waals surface area contributed by atoms with E-state index in [-0.39, 0.29) is 0 Å². The van der Waals surface area contributed by atoms with Crippen LogP contribution in [0, 0.1) is 6.92 Å². The Morgan fingerprint density at radius 2 is 1.93 bits per heavy atom. The number of nitrogens with two attached hydrogens (primary N) is 1. The first-order valence-corrected chi connectivity index (χ1v) is 11.6. The average molecular weight is 405 g/mol. The first-order chi connectivity index (χ1) is 14.8. The van der Waals surface area contributed by atoms with Gasteiger partial charge in [0.1, 0.15) is 0 Å². The van der Waals surface area contributed by atoms with E-state index < -0.39 is 0 Å². The molecule has 0 bridgehead atoms. The molecule has 1 unspecified atom stereocenters. The van der Waals surface area contributed by atoms with Crippen molar-refractivity contribution >= 4 is 10.9 Å². The quantitative estimate of drug-likeness (QED) is 0.465. The van der Waals surface area contributed by atoms with E-state index >= 15 is 0 Å². The molecule has 160 valence electrons. The fourth-order valence-electron chi connectivity index (χ4n) is 4.88. The summed E-state index contributed by atoms with van der Waals surface area (Å²) in [4.78, 5) is 0. The summed E-state index contributed by atoms with van der Waals surface area (Å²) in [7, 11) is 0. The lowest BCUT2D eigenvalue weighted by Gasteiger charge is -2.25. The molecule has 4 nitrogen and oxygen atoms in total. The minimum Gasteiger partial charge on any atom is -0.344 e. The number of nitrogens with zero attached hydrogens (tertiary/aromatic N) is 1. The van der Waals surface area contributed by atoms with Gasteiger partial charge in [-0.05, 0) is 82.5 Å². The molecule has 2 heterocycles. The fourth-order valence-corrected chi connectivity index (χ4v) is 4.88. The van der Waals surface area contributed by atoms with Crippen LogP contribution in [-0.4, -0.2) is 37.3 Å². The van der Waals surface area contributed by atoms with Crippen molar-refractivity contribution in [3.05, 3.63) is 71.4 Å². The third kappa shape index (κ3) is 4.77. The Hall–Kier alpha value is -2.14. The summed E-state index contributed by atoms with van der Waals surface area (Å²) in [5, 5.41) is 8.51. The maximum atomic E-state index is 5.66. The van der Waals surface area contributed by atoms with Crippen LogP contribution in [0.1, 0.15) is 54.3 Å². The van der Waals surface area contributed by atoms with Gasteiger partial charge in [-0.1, -0.05) is 48.0 Å². The summed E-state index contributed by atoms with van der Waals surface area (Å²) < 4.78 is 2.57. The monoisotopic (exact) mass is 404 g/mol. The minimum atomic E-state index is 0.392. The lowest BCUT2D eigenvalue weighted by molar-refractivity contribution is 0.375. The van der Waals surface area contributed by atoms with Gasteiger partial charge in [-0.3, -0.25) is 0 Å².